The molecule has 0 radical (unpaired) electrons. The summed E-state index contributed by atoms with van der Waals surface area (Å²) in [6.45, 7) is 2.35. The third-order valence-electron chi connectivity index (χ3n) is 9.07. The van der Waals surface area contributed by atoms with Crippen molar-refractivity contribution in [2.24, 2.45) is 5.92 Å². The van der Waals surface area contributed by atoms with Crippen LogP contribution in [0.1, 0.15) is 26.2 Å². The molecule has 0 spiro atoms. The van der Waals surface area contributed by atoms with Gasteiger partial charge in [-0.3, -0.25) is 0 Å². The molecule has 3 atom stereocenters. The molecular formula is C43H40N2. The Morgan fingerprint density at radius 1 is 0.422 bits per heavy atom. The molecule has 2 heteroatoms. The zero-order valence-electron chi connectivity index (χ0n) is 25.9. The monoisotopic (exact) mass is 584 g/mol. The van der Waals surface area contributed by atoms with Gasteiger partial charge in [-0.1, -0.05) is 128 Å². The summed E-state index contributed by atoms with van der Waals surface area (Å²) in [6, 6.07) is 49.2. The lowest BCUT2D eigenvalue weighted by Crippen LogP contribution is -2.32. The Bertz CT molecular complexity index is 1770. The SMILES string of the molecule is CC1CC=CC(N(c2ccccc2)c2ccc(-c3ccc(-c4ccc(N(c5ccccc5)C5C=CC=CC5)cc4)cc3)cc2)C1. The van der Waals surface area contributed by atoms with Gasteiger partial charge in [-0.15, -0.1) is 0 Å². The van der Waals surface area contributed by atoms with Gasteiger partial charge >= 0.3 is 0 Å². The number of allylic oxidation sites excluding steroid dienone is 3. The number of anilines is 4. The molecule has 0 aromatic heterocycles. The minimum Gasteiger partial charge on any atom is -0.335 e. The first kappa shape index (κ1) is 28.7. The molecule has 0 saturated heterocycles. The number of rotatable bonds is 8. The Morgan fingerprint density at radius 2 is 0.867 bits per heavy atom. The quantitative estimate of drug-likeness (QED) is 0.167. The molecule has 3 unspecified atom stereocenters. The highest BCUT2D eigenvalue weighted by molar-refractivity contribution is 5.75. The van der Waals surface area contributed by atoms with Crippen LogP contribution in [0.15, 0.2) is 170 Å². The van der Waals surface area contributed by atoms with Crippen molar-refractivity contribution in [3.8, 4) is 22.3 Å². The van der Waals surface area contributed by atoms with Crippen molar-refractivity contribution in [3.05, 3.63) is 170 Å². The fraction of sp³-hybridized carbons (Fsp3) is 0.163. The van der Waals surface area contributed by atoms with Gasteiger partial charge in [-0.2, -0.15) is 0 Å². The number of para-hydroxylation sites is 2. The maximum absolute atomic E-state index is 2.49. The molecular weight excluding hydrogens is 544 g/mol. The van der Waals surface area contributed by atoms with Crippen molar-refractivity contribution in [2.45, 2.75) is 38.3 Å². The normalized spacial score (nSPS) is 18.9. The summed E-state index contributed by atoms with van der Waals surface area (Å²) < 4.78 is 0. The standard InChI is InChI=1S/C43H40N2/c1-33-12-11-19-43(32-33)45(40-17-9-4-10-18-40)42-30-26-37(27-31-42)35-22-20-34(21-23-35)36-24-28-41(29-25-36)44(38-13-5-2-6-14-38)39-15-7-3-8-16-39/h2-11,13-15,17-31,33,39,43H,12,16,32H2,1H3. The van der Waals surface area contributed by atoms with E-state index in [4.69, 9.17) is 0 Å². The molecule has 5 aromatic carbocycles. The Labute approximate surface area is 268 Å². The predicted octanol–water partition coefficient (Wildman–Crippen LogP) is 11.5. The number of nitrogens with zero attached hydrogens (tertiary/aromatic N) is 2. The second-order valence-corrected chi connectivity index (χ2v) is 12.3. The summed E-state index contributed by atoms with van der Waals surface area (Å²) in [7, 11) is 0. The van der Waals surface area contributed by atoms with Gasteiger partial charge in [0.05, 0.1) is 12.1 Å². The molecule has 7 rings (SSSR count). The molecule has 0 heterocycles. The van der Waals surface area contributed by atoms with Gasteiger partial charge in [0.2, 0.25) is 0 Å². The second-order valence-electron chi connectivity index (χ2n) is 12.3. The lowest BCUT2D eigenvalue weighted by Gasteiger charge is -2.35. The van der Waals surface area contributed by atoms with Crippen molar-refractivity contribution in [3.63, 3.8) is 0 Å². The molecule has 45 heavy (non-hydrogen) atoms. The van der Waals surface area contributed by atoms with E-state index in [0.717, 1.165) is 12.8 Å². The molecule has 0 saturated carbocycles. The minimum absolute atomic E-state index is 0.302. The van der Waals surface area contributed by atoms with E-state index in [-0.39, 0.29) is 0 Å². The van der Waals surface area contributed by atoms with Crippen LogP contribution in [0.5, 0.6) is 0 Å². The summed E-state index contributed by atoms with van der Waals surface area (Å²) in [5.74, 6) is 0.689. The van der Waals surface area contributed by atoms with Crippen LogP contribution in [0.2, 0.25) is 0 Å². The molecule has 222 valence electrons. The Balaban J connectivity index is 1.10. The molecule has 2 nitrogen and oxygen atoms in total. The third-order valence-corrected chi connectivity index (χ3v) is 9.07. The molecule has 0 bridgehead atoms. The molecule has 0 fully saturated rings. The van der Waals surface area contributed by atoms with E-state index in [1.807, 2.05) is 0 Å². The van der Waals surface area contributed by atoms with Crippen LogP contribution < -0.4 is 9.80 Å². The molecule has 0 N–H and O–H groups in total. The van der Waals surface area contributed by atoms with Crippen LogP contribution in [0.25, 0.3) is 22.3 Å². The predicted molar refractivity (Wildman–Crippen MR) is 192 cm³/mol. The van der Waals surface area contributed by atoms with E-state index < -0.39 is 0 Å². The molecule has 2 aliphatic carbocycles. The Hall–Kier alpha value is -5.08. The topological polar surface area (TPSA) is 6.48 Å². The number of hydrogen-bond donors (Lipinski definition) is 0. The van der Waals surface area contributed by atoms with E-state index >= 15 is 0 Å². The summed E-state index contributed by atoms with van der Waals surface area (Å²) in [4.78, 5) is 4.92. The first-order chi connectivity index (χ1) is 22.2. The van der Waals surface area contributed by atoms with Gasteiger partial charge in [-0.25, -0.2) is 0 Å². The summed E-state index contributed by atoms with van der Waals surface area (Å²) in [5, 5.41) is 0. The molecule has 0 amide bonds. The van der Waals surface area contributed by atoms with E-state index in [1.165, 1.54) is 51.4 Å². The summed E-state index contributed by atoms with van der Waals surface area (Å²) in [5.41, 5.74) is 9.79. The van der Waals surface area contributed by atoms with Crippen molar-refractivity contribution < 1.29 is 0 Å². The maximum atomic E-state index is 2.49. The highest BCUT2D eigenvalue weighted by Gasteiger charge is 2.23. The van der Waals surface area contributed by atoms with Crippen LogP contribution in [0.3, 0.4) is 0 Å². The van der Waals surface area contributed by atoms with E-state index in [0.29, 0.717) is 18.0 Å². The highest BCUT2D eigenvalue weighted by Crippen LogP contribution is 2.36. The lowest BCUT2D eigenvalue weighted by molar-refractivity contribution is 0.483. The Kier molecular flexibility index (Phi) is 8.46. The van der Waals surface area contributed by atoms with Crippen molar-refractivity contribution in [1.82, 2.24) is 0 Å². The van der Waals surface area contributed by atoms with Crippen molar-refractivity contribution >= 4 is 22.7 Å². The van der Waals surface area contributed by atoms with E-state index in [1.54, 1.807) is 0 Å². The fourth-order valence-electron chi connectivity index (χ4n) is 6.73. The summed E-state index contributed by atoms with van der Waals surface area (Å²) in [6.07, 6.45) is 16.9. The highest BCUT2D eigenvalue weighted by atomic mass is 15.2. The maximum Gasteiger partial charge on any atom is 0.0559 e. The smallest absolute Gasteiger partial charge is 0.0559 e. The average molecular weight is 585 g/mol. The van der Waals surface area contributed by atoms with Gasteiger partial charge in [0, 0.05) is 22.7 Å². The average Bonchev–Trinajstić information content (AvgIpc) is 3.11. The van der Waals surface area contributed by atoms with Gasteiger partial charge in [0.15, 0.2) is 0 Å². The van der Waals surface area contributed by atoms with Gasteiger partial charge in [-0.05, 0) is 96.0 Å². The summed E-state index contributed by atoms with van der Waals surface area (Å²) >= 11 is 0. The van der Waals surface area contributed by atoms with Crippen LogP contribution >= 0.6 is 0 Å². The molecule has 2 aliphatic rings. The first-order valence-electron chi connectivity index (χ1n) is 16.2. The van der Waals surface area contributed by atoms with Crippen molar-refractivity contribution in [2.75, 3.05) is 9.80 Å². The third kappa shape index (κ3) is 6.42. The molecule has 0 aliphatic heterocycles. The number of benzene rings is 5. The molecule has 5 aromatic rings. The van der Waals surface area contributed by atoms with Gasteiger partial charge in [0.1, 0.15) is 0 Å². The lowest BCUT2D eigenvalue weighted by atomic mass is 9.91. The fourth-order valence-corrected chi connectivity index (χ4v) is 6.73. The van der Waals surface area contributed by atoms with Crippen molar-refractivity contribution in [1.29, 1.82) is 0 Å². The zero-order valence-corrected chi connectivity index (χ0v) is 25.9. The van der Waals surface area contributed by atoms with E-state index in [9.17, 15) is 0 Å². The Morgan fingerprint density at radius 3 is 1.31 bits per heavy atom. The van der Waals surface area contributed by atoms with Crippen LogP contribution in [0.4, 0.5) is 22.7 Å². The van der Waals surface area contributed by atoms with Crippen LogP contribution in [0, 0.1) is 5.92 Å². The van der Waals surface area contributed by atoms with E-state index in [2.05, 4.69) is 187 Å². The first-order valence-corrected chi connectivity index (χ1v) is 16.2. The van der Waals surface area contributed by atoms with Gasteiger partial charge in [0.25, 0.3) is 0 Å². The largest absolute Gasteiger partial charge is 0.335 e. The van der Waals surface area contributed by atoms with Crippen LogP contribution in [-0.4, -0.2) is 12.1 Å². The number of hydrogen-bond acceptors (Lipinski definition) is 2. The zero-order chi connectivity index (χ0) is 30.4. The van der Waals surface area contributed by atoms with Gasteiger partial charge < -0.3 is 9.80 Å². The minimum atomic E-state index is 0.302. The second kappa shape index (κ2) is 13.3. The van der Waals surface area contributed by atoms with Crippen LogP contribution in [-0.2, 0) is 0 Å².